The summed E-state index contributed by atoms with van der Waals surface area (Å²) in [7, 11) is 3.21. The quantitative estimate of drug-likeness (QED) is 0.0464. The van der Waals surface area contributed by atoms with Gasteiger partial charge in [0.1, 0.15) is 41.1 Å². The highest BCUT2D eigenvalue weighted by molar-refractivity contribution is 6.17. The Balaban J connectivity index is 0.000000226. The number of aryl methyl sites for hydroxylation is 8. The number of benzene rings is 8. The van der Waals surface area contributed by atoms with Gasteiger partial charge in [-0.2, -0.15) is 0 Å². The number of halogens is 1. The number of carbonyl (C=O) groups is 4. The van der Waals surface area contributed by atoms with E-state index in [1.165, 1.54) is 11.1 Å². The lowest BCUT2D eigenvalue weighted by Gasteiger charge is -2.15. The number of phenols is 1. The van der Waals surface area contributed by atoms with Gasteiger partial charge < -0.3 is 55.2 Å². The molecule has 0 atom stereocenters. The van der Waals surface area contributed by atoms with E-state index in [0.29, 0.717) is 34.7 Å². The number of aromatic carboxylic acids is 1. The second-order valence-electron chi connectivity index (χ2n) is 24.6. The first-order chi connectivity index (χ1) is 47.2. The zero-order chi connectivity index (χ0) is 74.6. The molecule has 0 spiro atoms. The molecule has 10 aromatic rings. The van der Waals surface area contributed by atoms with E-state index in [4.69, 9.17) is 45.7 Å². The number of anilines is 4. The number of nitrogens with zero attached hydrogens (tertiary/aromatic N) is 2. The highest BCUT2D eigenvalue weighted by Crippen LogP contribution is 2.31. The van der Waals surface area contributed by atoms with E-state index >= 15 is 0 Å². The van der Waals surface area contributed by atoms with Gasteiger partial charge in [0.25, 0.3) is 17.7 Å². The molecule has 0 saturated carbocycles. The fraction of sp³-hybridized carbons (Fsp3) is 0.293. The second-order valence-corrected chi connectivity index (χ2v) is 24.9. The van der Waals surface area contributed by atoms with Crippen LogP contribution in [0.4, 0.5) is 22.7 Å². The van der Waals surface area contributed by atoms with Gasteiger partial charge in [0, 0.05) is 45.0 Å². The van der Waals surface area contributed by atoms with Crippen molar-refractivity contribution in [3.63, 3.8) is 0 Å². The number of amides is 3. The molecule has 100 heavy (non-hydrogen) atoms. The largest absolute Gasteiger partial charge is 0.508 e. The Morgan fingerprint density at radius 2 is 0.740 bits per heavy atom. The Labute approximate surface area is 594 Å². The zero-order valence-corrected chi connectivity index (χ0v) is 62.6. The molecule has 0 aliphatic rings. The smallest absolute Gasteiger partial charge is 0.335 e. The molecule has 8 aromatic carbocycles. The third-order valence-electron chi connectivity index (χ3n) is 18.4. The van der Waals surface area contributed by atoms with E-state index in [1.54, 1.807) is 52.3 Å². The molecule has 0 saturated heterocycles. The first-order valence-corrected chi connectivity index (χ1v) is 33.1. The molecule has 2 heterocycles. The molecule has 10 rings (SSSR count). The molecule has 0 bridgehead atoms. The van der Waals surface area contributed by atoms with Gasteiger partial charge in [0.05, 0.1) is 42.6 Å². The van der Waals surface area contributed by atoms with Gasteiger partial charge in [0.15, 0.2) is 0 Å². The van der Waals surface area contributed by atoms with Crippen LogP contribution in [0, 0.1) is 138 Å². The molecule has 2 aromatic heterocycles. The predicted molar refractivity (Wildman–Crippen MR) is 403 cm³/mol. The molecular weight excluding hydrogens is 1280 g/mol. The number of phenolic OH excluding ortho intramolecular Hbond substituents is 1. The molecular formula is C82H97ClN6O11. The van der Waals surface area contributed by atoms with Gasteiger partial charge in [0.2, 0.25) is 0 Å². The molecule has 0 fully saturated rings. The molecule has 0 radical (unpaired) electrons. The maximum absolute atomic E-state index is 12.8. The maximum Gasteiger partial charge on any atom is 0.335 e. The van der Waals surface area contributed by atoms with Crippen LogP contribution in [0.3, 0.4) is 0 Å². The zero-order valence-electron chi connectivity index (χ0n) is 61.9. The summed E-state index contributed by atoms with van der Waals surface area (Å²) in [6.07, 6.45) is 0. The average molecular weight is 1380 g/mol. The van der Waals surface area contributed by atoms with Crippen molar-refractivity contribution < 1.29 is 52.6 Å². The van der Waals surface area contributed by atoms with Crippen LogP contribution < -0.4 is 35.9 Å². The van der Waals surface area contributed by atoms with Crippen molar-refractivity contribution in [1.29, 1.82) is 0 Å². The summed E-state index contributed by atoms with van der Waals surface area (Å²) in [6, 6.07) is 37.3. The fourth-order valence-electron chi connectivity index (χ4n) is 10.3. The number of carbonyl (C=O) groups excluding carboxylic acids is 3. The summed E-state index contributed by atoms with van der Waals surface area (Å²) in [4.78, 5) is 48.4. The van der Waals surface area contributed by atoms with Gasteiger partial charge in [-0.1, -0.05) is 58.8 Å². The van der Waals surface area contributed by atoms with Crippen LogP contribution in [0.15, 0.2) is 130 Å². The maximum atomic E-state index is 12.8. The third-order valence-corrected chi connectivity index (χ3v) is 18.7. The van der Waals surface area contributed by atoms with Crippen molar-refractivity contribution in [3.8, 4) is 23.0 Å². The summed E-state index contributed by atoms with van der Waals surface area (Å²) < 4.78 is 26.4. The molecule has 17 nitrogen and oxygen atoms in total. The number of aromatic nitrogens is 2. The lowest BCUT2D eigenvalue weighted by molar-refractivity contribution is 0.0695. The molecule has 0 aliphatic heterocycles. The van der Waals surface area contributed by atoms with Crippen molar-refractivity contribution in [2.45, 2.75) is 151 Å². The van der Waals surface area contributed by atoms with Crippen molar-refractivity contribution in [2.24, 2.45) is 0 Å². The highest BCUT2D eigenvalue weighted by Gasteiger charge is 2.20. The standard InChI is InChI=1S/C23H26N2O3.C18H21NO2.C17H19NO2.C10H12O3.C8H11N.C6H8ClNO/c1-13-8-7-9-21(14(13)2)24-23(26)19-10-11-22(16(4)15(19)3)27-12-20-17(5)25-28-18(20)6;1-11-7-6-8-16(12(11)2)19-18(20)15-9-10-17(21-5)14(4)13(15)3;1-10-6-5-7-15(11(10)2)18-17(20)14-8-9-16(19)13(4)12(14)3;1-6-7(2)9(13-3)5-4-8(6)10(11)12;1-6-4-3-5-8(9)7(6)2;1-4-6(3-7)5(2)9-8-4/h7-11H,12H2,1-6H3,(H,24,26);6-10H,1-5H3,(H,19,20);5-9,19H,1-4H3,(H,18,20);4-5H,1-3H3,(H,11,12);3-5H,9H2,1-2H3;3H2,1-2H3. The Bertz CT molecular complexity index is 4500. The van der Waals surface area contributed by atoms with E-state index in [1.807, 2.05) is 209 Å². The third kappa shape index (κ3) is 20.5. The van der Waals surface area contributed by atoms with Crippen LogP contribution in [-0.4, -0.2) is 58.4 Å². The van der Waals surface area contributed by atoms with E-state index in [2.05, 4.69) is 39.3 Å². The number of hydrogen-bond acceptors (Lipinski definition) is 13. The summed E-state index contributed by atoms with van der Waals surface area (Å²) >= 11 is 5.58. The van der Waals surface area contributed by atoms with Crippen molar-refractivity contribution >= 4 is 58.0 Å². The lowest BCUT2D eigenvalue weighted by Crippen LogP contribution is -2.15. The number of hydrogen-bond donors (Lipinski definition) is 6. The summed E-state index contributed by atoms with van der Waals surface area (Å²) in [6.45, 7) is 39.2. The minimum Gasteiger partial charge on any atom is -0.508 e. The minimum absolute atomic E-state index is 0.0908. The minimum atomic E-state index is -0.900. The number of ether oxygens (including phenoxy) is 3. The Morgan fingerprint density at radius 3 is 1.08 bits per heavy atom. The number of carboxylic acid groups (broad SMARTS) is 1. The Hall–Kier alpha value is -10.7. The van der Waals surface area contributed by atoms with E-state index in [-0.39, 0.29) is 23.5 Å². The fourth-order valence-corrected chi connectivity index (χ4v) is 10.7. The van der Waals surface area contributed by atoms with Crippen molar-refractivity contribution in [1.82, 2.24) is 10.3 Å². The molecule has 3 amide bonds. The Morgan fingerprint density at radius 1 is 0.410 bits per heavy atom. The number of rotatable bonds is 13. The summed E-state index contributed by atoms with van der Waals surface area (Å²) in [5.41, 5.74) is 31.0. The number of alkyl halides is 1. The van der Waals surface area contributed by atoms with E-state index in [9.17, 15) is 24.3 Å². The van der Waals surface area contributed by atoms with Crippen LogP contribution in [0.25, 0.3) is 0 Å². The number of nitrogens with two attached hydrogens (primary N) is 1. The van der Waals surface area contributed by atoms with Gasteiger partial charge in [-0.05, 0) is 300 Å². The molecule has 0 aliphatic carbocycles. The first kappa shape index (κ1) is 80.0. The lowest BCUT2D eigenvalue weighted by atomic mass is 10.0. The van der Waals surface area contributed by atoms with Gasteiger partial charge in [-0.15, -0.1) is 11.6 Å². The number of methoxy groups -OCH3 is 2. The molecule has 18 heteroatoms. The van der Waals surface area contributed by atoms with Crippen LogP contribution >= 0.6 is 11.6 Å². The number of aromatic hydroxyl groups is 1. The van der Waals surface area contributed by atoms with Crippen molar-refractivity contribution in [2.75, 3.05) is 35.9 Å². The van der Waals surface area contributed by atoms with Gasteiger partial charge in [-0.3, -0.25) is 14.4 Å². The number of nitrogens with one attached hydrogen (secondary N) is 3. The van der Waals surface area contributed by atoms with Crippen LogP contribution in [0.1, 0.15) is 164 Å². The number of nitrogen functional groups attached to an aromatic ring is 1. The number of carboxylic acids is 1. The SMILES string of the molecule is COc1ccc(C(=O)Nc2cccc(C)c2C)c(C)c1C.COc1ccc(C(=O)O)c(C)c1C.Cc1cccc(N)c1C.Cc1cccc(NC(=O)c2ccc(O)c(C)c2C)c1C.Cc1cccc(NC(=O)c2ccc(OCc3c(C)noc3C)c(C)c2C)c1C.Cc1noc(C)c1CCl. The first-order valence-electron chi connectivity index (χ1n) is 32.6. The second kappa shape index (κ2) is 36.8. The predicted octanol–water partition coefficient (Wildman–Crippen LogP) is 19.3. The van der Waals surface area contributed by atoms with Gasteiger partial charge in [-0.25, -0.2) is 4.79 Å². The highest BCUT2D eigenvalue weighted by atomic mass is 35.5. The van der Waals surface area contributed by atoms with E-state index in [0.717, 1.165) is 152 Å². The van der Waals surface area contributed by atoms with Crippen LogP contribution in [0.2, 0.25) is 0 Å². The van der Waals surface area contributed by atoms with E-state index < -0.39 is 5.97 Å². The average Bonchev–Trinajstić information content (AvgIpc) is 0.857. The molecule has 0 unspecified atom stereocenters. The summed E-state index contributed by atoms with van der Waals surface area (Å²) in [5.74, 6) is 3.30. The Kier molecular flexibility index (Phi) is 29.5. The van der Waals surface area contributed by atoms with Gasteiger partial charge >= 0.3 is 5.97 Å². The van der Waals surface area contributed by atoms with Crippen molar-refractivity contribution in [3.05, 3.63) is 267 Å². The van der Waals surface area contributed by atoms with Crippen LogP contribution in [0.5, 0.6) is 23.0 Å². The normalized spacial score (nSPS) is 10.3. The monoisotopic (exact) mass is 1380 g/mol. The topological polar surface area (TPSA) is 251 Å². The molecule has 528 valence electrons. The van der Waals surface area contributed by atoms with Crippen LogP contribution in [-0.2, 0) is 12.5 Å². The summed E-state index contributed by atoms with van der Waals surface area (Å²) in [5, 5.41) is 35.1. The molecule has 7 N–H and O–H groups in total.